The van der Waals surface area contributed by atoms with E-state index in [-0.39, 0.29) is 29.9 Å². The Morgan fingerprint density at radius 2 is 1.68 bits per heavy atom. The van der Waals surface area contributed by atoms with Crippen molar-refractivity contribution in [3.8, 4) is 0 Å². The molecule has 3 heterocycles. The first-order chi connectivity index (χ1) is 16.4. The summed E-state index contributed by atoms with van der Waals surface area (Å²) in [5.74, 6) is -2.50. The zero-order valence-corrected chi connectivity index (χ0v) is 18.3. The zero-order chi connectivity index (χ0) is 23.9. The highest BCUT2D eigenvalue weighted by molar-refractivity contribution is 6.24. The minimum absolute atomic E-state index is 0.0520. The van der Waals surface area contributed by atoms with Crippen molar-refractivity contribution >= 4 is 35.2 Å². The SMILES string of the molecule is O=C1CCC(N2C(=O)c3ccc(NC(=O)C4(c5ccccc5)CCOCC4)cc3C2=O)C(=O)N1. The third-order valence-corrected chi connectivity index (χ3v) is 6.81. The van der Waals surface area contributed by atoms with Crippen molar-refractivity contribution in [2.75, 3.05) is 18.5 Å². The Hall–Kier alpha value is -3.85. The lowest BCUT2D eigenvalue weighted by Crippen LogP contribution is -2.54. The Balaban J connectivity index is 1.41. The molecule has 0 aliphatic carbocycles. The van der Waals surface area contributed by atoms with Gasteiger partial charge in [0.05, 0.1) is 16.5 Å². The van der Waals surface area contributed by atoms with Crippen LogP contribution in [0.2, 0.25) is 0 Å². The second-order valence-electron chi connectivity index (χ2n) is 8.72. The fourth-order valence-electron chi connectivity index (χ4n) is 4.92. The number of amides is 5. The second kappa shape index (κ2) is 8.49. The summed E-state index contributed by atoms with van der Waals surface area (Å²) in [7, 11) is 0. The van der Waals surface area contributed by atoms with Crippen molar-refractivity contribution in [2.45, 2.75) is 37.1 Å². The highest BCUT2D eigenvalue weighted by atomic mass is 16.5. The maximum atomic E-state index is 13.5. The molecule has 5 amide bonds. The van der Waals surface area contributed by atoms with Gasteiger partial charge in [-0.05, 0) is 43.0 Å². The molecule has 2 fully saturated rings. The van der Waals surface area contributed by atoms with E-state index in [0.29, 0.717) is 31.7 Å². The lowest BCUT2D eigenvalue weighted by atomic mass is 9.73. The molecular weight excluding hydrogens is 438 g/mol. The Bertz CT molecular complexity index is 1200. The van der Waals surface area contributed by atoms with Crippen LogP contribution in [0.3, 0.4) is 0 Å². The number of carbonyl (C=O) groups is 5. The van der Waals surface area contributed by atoms with E-state index in [9.17, 15) is 24.0 Å². The minimum atomic E-state index is -1.04. The van der Waals surface area contributed by atoms with Gasteiger partial charge in [0.1, 0.15) is 6.04 Å². The molecule has 5 rings (SSSR count). The molecule has 0 bridgehead atoms. The summed E-state index contributed by atoms with van der Waals surface area (Å²) >= 11 is 0. The van der Waals surface area contributed by atoms with Crippen LogP contribution in [0.5, 0.6) is 0 Å². The van der Waals surface area contributed by atoms with Crippen molar-refractivity contribution in [2.24, 2.45) is 0 Å². The number of ether oxygens (including phenoxy) is 1. The molecule has 2 saturated heterocycles. The topological polar surface area (TPSA) is 122 Å². The second-order valence-corrected chi connectivity index (χ2v) is 8.72. The molecule has 0 saturated carbocycles. The summed E-state index contributed by atoms with van der Waals surface area (Å²) in [6.07, 6.45) is 1.18. The Morgan fingerprint density at radius 3 is 2.38 bits per heavy atom. The first-order valence-electron chi connectivity index (χ1n) is 11.2. The zero-order valence-electron chi connectivity index (χ0n) is 18.3. The van der Waals surface area contributed by atoms with Gasteiger partial charge in [-0.2, -0.15) is 0 Å². The molecule has 3 aliphatic heterocycles. The van der Waals surface area contributed by atoms with Gasteiger partial charge in [0.15, 0.2) is 0 Å². The van der Waals surface area contributed by atoms with E-state index in [1.54, 1.807) is 6.07 Å². The van der Waals surface area contributed by atoms with Crippen molar-refractivity contribution < 1.29 is 28.7 Å². The van der Waals surface area contributed by atoms with Crippen LogP contribution in [0, 0.1) is 0 Å². The third-order valence-electron chi connectivity index (χ3n) is 6.81. The smallest absolute Gasteiger partial charge is 0.262 e. The van der Waals surface area contributed by atoms with E-state index in [0.717, 1.165) is 10.5 Å². The molecule has 34 heavy (non-hydrogen) atoms. The van der Waals surface area contributed by atoms with E-state index in [4.69, 9.17) is 4.74 Å². The number of piperidine rings is 1. The van der Waals surface area contributed by atoms with Crippen LogP contribution in [0.1, 0.15) is 52.0 Å². The van der Waals surface area contributed by atoms with Crippen LogP contribution in [0.15, 0.2) is 48.5 Å². The van der Waals surface area contributed by atoms with Gasteiger partial charge in [-0.3, -0.25) is 34.2 Å². The van der Waals surface area contributed by atoms with E-state index < -0.39 is 35.1 Å². The van der Waals surface area contributed by atoms with Crippen LogP contribution in [0.4, 0.5) is 5.69 Å². The van der Waals surface area contributed by atoms with Gasteiger partial charge in [-0.15, -0.1) is 0 Å². The van der Waals surface area contributed by atoms with Gasteiger partial charge in [0.2, 0.25) is 17.7 Å². The highest BCUT2D eigenvalue weighted by Gasteiger charge is 2.45. The predicted octanol–water partition coefficient (Wildman–Crippen LogP) is 1.77. The van der Waals surface area contributed by atoms with Gasteiger partial charge in [0, 0.05) is 25.3 Å². The molecule has 1 unspecified atom stereocenters. The monoisotopic (exact) mass is 461 g/mol. The molecule has 3 aliphatic rings. The maximum absolute atomic E-state index is 13.5. The minimum Gasteiger partial charge on any atom is -0.381 e. The highest BCUT2D eigenvalue weighted by Crippen LogP contribution is 2.37. The molecule has 0 spiro atoms. The number of hydrogen-bond donors (Lipinski definition) is 2. The van der Waals surface area contributed by atoms with E-state index in [1.165, 1.54) is 12.1 Å². The van der Waals surface area contributed by atoms with E-state index >= 15 is 0 Å². The first kappa shape index (κ1) is 22.0. The van der Waals surface area contributed by atoms with Crippen LogP contribution >= 0.6 is 0 Å². The number of carbonyl (C=O) groups excluding carboxylic acids is 5. The molecule has 0 radical (unpaired) electrons. The maximum Gasteiger partial charge on any atom is 0.262 e. The molecular formula is C25H23N3O6. The number of hydrogen-bond acceptors (Lipinski definition) is 6. The van der Waals surface area contributed by atoms with Gasteiger partial charge in [-0.25, -0.2) is 0 Å². The molecule has 0 aromatic heterocycles. The molecule has 9 nitrogen and oxygen atoms in total. The summed E-state index contributed by atoms with van der Waals surface area (Å²) in [5.41, 5.74) is 0.797. The number of nitrogens with zero attached hydrogens (tertiary/aromatic N) is 1. The summed E-state index contributed by atoms with van der Waals surface area (Å²) in [6.45, 7) is 0.917. The Kier molecular flexibility index (Phi) is 5.49. The molecule has 174 valence electrons. The fraction of sp³-hybridized carbons (Fsp3) is 0.320. The molecule has 2 aromatic rings. The summed E-state index contributed by atoms with van der Waals surface area (Å²) in [5, 5.41) is 5.10. The lowest BCUT2D eigenvalue weighted by Gasteiger charge is -2.36. The van der Waals surface area contributed by atoms with Crippen molar-refractivity contribution in [1.29, 1.82) is 0 Å². The van der Waals surface area contributed by atoms with Crippen molar-refractivity contribution in [1.82, 2.24) is 10.2 Å². The van der Waals surface area contributed by atoms with Gasteiger partial charge in [-0.1, -0.05) is 30.3 Å². The standard InChI is InChI=1S/C25H23N3O6/c29-20-9-8-19(21(30)27-20)28-22(31)17-7-6-16(14-18(17)23(28)32)26-24(33)25(10-12-34-13-11-25)15-4-2-1-3-5-15/h1-7,14,19H,8-13H2,(H,26,33)(H,27,29,30). The Morgan fingerprint density at radius 1 is 0.971 bits per heavy atom. The van der Waals surface area contributed by atoms with Crippen LogP contribution in [-0.2, 0) is 24.5 Å². The number of benzene rings is 2. The number of nitrogens with one attached hydrogen (secondary N) is 2. The van der Waals surface area contributed by atoms with Crippen molar-refractivity contribution in [3.63, 3.8) is 0 Å². The predicted molar refractivity (Wildman–Crippen MR) is 120 cm³/mol. The van der Waals surface area contributed by atoms with Gasteiger partial charge in [0.25, 0.3) is 11.8 Å². The van der Waals surface area contributed by atoms with Crippen LogP contribution in [0.25, 0.3) is 0 Å². The van der Waals surface area contributed by atoms with Crippen molar-refractivity contribution in [3.05, 3.63) is 65.2 Å². The molecule has 2 aromatic carbocycles. The van der Waals surface area contributed by atoms with Crippen LogP contribution < -0.4 is 10.6 Å². The molecule has 1 atom stereocenters. The third kappa shape index (κ3) is 3.58. The Labute approximate surface area is 195 Å². The number of rotatable bonds is 4. The summed E-state index contributed by atoms with van der Waals surface area (Å²) in [4.78, 5) is 64.1. The van der Waals surface area contributed by atoms with Gasteiger partial charge >= 0.3 is 0 Å². The first-order valence-corrected chi connectivity index (χ1v) is 11.2. The van der Waals surface area contributed by atoms with E-state index in [1.807, 2.05) is 30.3 Å². The van der Waals surface area contributed by atoms with Crippen LogP contribution in [-0.4, -0.2) is 53.7 Å². The number of anilines is 1. The molecule has 9 heteroatoms. The summed E-state index contributed by atoms with van der Waals surface area (Å²) < 4.78 is 5.50. The fourth-order valence-corrected chi connectivity index (χ4v) is 4.92. The van der Waals surface area contributed by atoms with E-state index in [2.05, 4.69) is 10.6 Å². The quantitative estimate of drug-likeness (QED) is 0.670. The average Bonchev–Trinajstić information content (AvgIpc) is 3.09. The normalized spacial score (nSPS) is 21.8. The number of imide groups is 2. The lowest BCUT2D eigenvalue weighted by molar-refractivity contribution is -0.136. The summed E-state index contributed by atoms with van der Waals surface area (Å²) in [6, 6.07) is 13.0. The average molecular weight is 461 g/mol. The van der Waals surface area contributed by atoms with Gasteiger partial charge < -0.3 is 10.1 Å². The molecule has 2 N–H and O–H groups in total. The largest absolute Gasteiger partial charge is 0.381 e. The number of fused-ring (bicyclic) bond motifs is 1.